The number of hydrogen-bond acceptors (Lipinski definition) is 5. The lowest BCUT2D eigenvalue weighted by Crippen LogP contribution is -2.42. The summed E-state index contributed by atoms with van der Waals surface area (Å²) >= 11 is 0. The Morgan fingerprint density at radius 3 is 2.50 bits per heavy atom. The monoisotopic (exact) mass is 257 g/mol. The first-order chi connectivity index (χ1) is 8.45. The molecule has 1 N–H and O–H groups in total. The third kappa shape index (κ3) is 3.72. The highest BCUT2D eigenvalue weighted by molar-refractivity contribution is 5.83. The zero-order chi connectivity index (χ0) is 13.7. The lowest BCUT2D eigenvalue weighted by molar-refractivity contribution is -0.172. The number of methoxy groups -OCH3 is 1. The van der Waals surface area contributed by atoms with Gasteiger partial charge in [-0.25, -0.2) is 4.79 Å². The first-order valence-corrected chi connectivity index (χ1v) is 6.00. The molecule has 2 atom stereocenters. The Hall–Kier alpha value is -1.59. The van der Waals surface area contributed by atoms with Crippen LogP contribution in [0.5, 0.6) is 0 Å². The van der Waals surface area contributed by atoms with Gasteiger partial charge in [-0.2, -0.15) is 0 Å². The maximum atomic E-state index is 11.9. The highest BCUT2D eigenvalue weighted by Crippen LogP contribution is 2.16. The fraction of sp³-hybridized carbons (Fsp3) is 0.750. The standard InChI is InChI=1S/C12H19NO5/c1-7(2)10(12(16)17-3)18-11(15)8-4-5-9(14)13-6-8/h7-8,10H,4-6H2,1-3H3,(H,13,14). The Morgan fingerprint density at radius 2 is 2.06 bits per heavy atom. The van der Waals surface area contributed by atoms with Gasteiger partial charge in [-0.3, -0.25) is 9.59 Å². The molecule has 0 saturated carbocycles. The number of nitrogens with one attached hydrogen (secondary N) is 1. The molecule has 1 amide bonds. The molecule has 1 heterocycles. The van der Waals surface area contributed by atoms with E-state index in [4.69, 9.17) is 4.74 Å². The Labute approximate surface area is 106 Å². The van der Waals surface area contributed by atoms with Crippen molar-refractivity contribution in [1.29, 1.82) is 0 Å². The molecule has 2 unspecified atom stereocenters. The van der Waals surface area contributed by atoms with Crippen molar-refractivity contribution >= 4 is 17.8 Å². The van der Waals surface area contributed by atoms with Gasteiger partial charge >= 0.3 is 11.9 Å². The molecule has 1 aliphatic rings. The van der Waals surface area contributed by atoms with E-state index in [-0.39, 0.29) is 24.3 Å². The molecule has 1 fully saturated rings. The summed E-state index contributed by atoms with van der Waals surface area (Å²) in [5, 5.41) is 2.60. The fourth-order valence-corrected chi connectivity index (χ4v) is 1.73. The van der Waals surface area contributed by atoms with Gasteiger partial charge in [0.05, 0.1) is 13.0 Å². The first kappa shape index (κ1) is 14.5. The predicted octanol–water partition coefficient (Wildman–Crippen LogP) is 0.253. The molecule has 18 heavy (non-hydrogen) atoms. The van der Waals surface area contributed by atoms with Gasteiger partial charge in [0.2, 0.25) is 12.0 Å². The third-order valence-electron chi connectivity index (χ3n) is 2.88. The van der Waals surface area contributed by atoms with Crippen LogP contribution in [0.1, 0.15) is 26.7 Å². The molecule has 0 aromatic heterocycles. The van der Waals surface area contributed by atoms with Crippen molar-refractivity contribution in [2.24, 2.45) is 11.8 Å². The minimum Gasteiger partial charge on any atom is -0.466 e. The smallest absolute Gasteiger partial charge is 0.347 e. The normalized spacial score (nSPS) is 21.1. The highest BCUT2D eigenvalue weighted by Gasteiger charge is 2.32. The molecule has 1 rings (SSSR count). The summed E-state index contributed by atoms with van der Waals surface area (Å²) in [6, 6.07) is 0. The second-order valence-corrected chi connectivity index (χ2v) is 4.66. The van der Waals surface area contributed by atoms with Gasteiger partial charge in [-0.05, 0) is 6.42 Å². The van der Waals surface area contributed by atoms with Gasteiger partial charge in [0, 0.05) is 18.9 Å². The summed E-state index contributed by atoms with van der Waals surface area (Å²) in [6.07, 6.45) is -0.124. The van der Waals surface area contributed by atoms with Crippen molar-refractivity contribution in [2.75, 3.05) is 13.7 Å². The van der Waals surface area contributed by atoms with E-state index in [0.717, 1.165) is 0 Å². The molecule has 0 bridgehead atoms. The van der Waals surface area contributed by atoms with Crippen LogP contribution >= 0.6 is 0 Å². The van der Waals surface area contributed by atoms with Crippen LogP contribution < -0.4 is 5.32 Å². The quantitative estimate of drug-likeness (QED) is 0.730. The minimum atomic E-state index is -0.889. The zero-order valence-corrected chi connectivity index (χ0v) is 10.9. The average Bonchev–Trinajstić information content (AvgIpc) is 2.35. The Bertz CT molecular complexity index is 329. The van der Waals surface area contributed by atoms with Gasteiger partial charge in [0.1, 0.15) is 0 Å². The van der Waals surface area contributed by atoms with Gasteiger partial charge in [0.15, 0.2) is 0 Å². The SMILES string of the molecule is COC(=O)C(OC(=O)C1CCC(=O)NC1)C(C)C. The van der Waals surface area contributed by atoms with Crippen LogP contribution in [0, 0.1) is 11.8 Å². The van der Waals surface area contributed by atoms with Crippen molar-refractivity contribution in [2.45, 2.75) is 32.8 Å². The van der Waals surface area contributed by atoms with E-state index in [9.17, 15) is 14.4 Å². The molecule has 0 spiro atoms. The number of carbonyl (C=O) groups excluding carboxylic acids is 3. The topological polar surface area (TPSA) is 81.7 Å². The first-order valence-electron chi connectivity index (χ1n) is 6.00. The summed E-state index contributed by atoms with van der Waals surface area (Å²) in [5.74, 6) is -1.61. The predicted molar refractivity (Wildman–Crippen MR) is 62.5 cm³/mol. The lowest BCUT2D eigenvalue weighted by Gasteiger charge is -2.24. The van der Waals surface area contributed by atoms with Crippen LogP contribution in [0.25, 0.3) is 0 Å². The maximum Gasteiger partial charge on any atom is 0.347 e. The van der Waals surface area contributed by atoms with E-state index < -0.39 is 18.0 Å². The maximum absolute atomic E-state index is 11.9. The molecule has 1 saturated heterocycles. The van der Waals surface area contributed by atoms with E-state index in [0.29, 0.717) is 12.8 Å². The van der Waals surface area contributed by atoms with Crippen LogP contribution in [0.4, 0.5) is 0 Å². The summed E-state index contributed by atoms with van der Waals surface area (Å²) < 4.78 is 9.77. The number of piperidine rings is 1. The van der Waals surface area contributed by atoms with E-state index in [2.05, 4.69) is 10.1 Å². The second kappa shape index (κ2) is 6.37. The molecule has 0 aromatic carbocycles. The van der Waals surface area contributed by atoms with E-state index >= 15 is 0 Å². The molecular formula is C12H19NO5. The molecule has 0 aliphatic carbocycles. The van der Waals surface area contributed by atoms with Crippen LogP contribution in [-0.2, 0) is 23.9 Å². The lowest BCUT2D eigenvalue weighted by atomic mass is 9.99. The molecule has 6 nitrogen and oxygen atoms in total. The third-order valence-corrected chi connectivity index (χ3v) is 2.88. The van der Waals surface area contributed by atoms with Gasteiger partial charge in [0.25, 0.3) is 0 Å². The van der Waals surface area contributed by atoms with Crippen molar-refractivity contribution in [3.8, 4) is 0 Å². The van der Waals surface area contributed by atoms with E-state index in [1.807, 2.05) is 0 Å². The summed E-state index contributed by atoms with van der Waals surface area (Å²) in [5.41, 5.74) is 0. The Kier molecular flexibility index (Phi) is 5.12. The number of rotatable bonds is 4. The van der Waals surface area contributed by atoms with Crippen LogP contribution in [0.2, 0.25) is 0 Å². The number of ether oxygens (including phenoxy) is 2. The number of carbonyl (C=O) groups is 3. The van der Waals surface area contributed by atoms with E-state index in [1.54, 1.807) is 13.8 Å². The van der Waals surface area contributed by atoms with Gasteiger partial charge in [-0.1, -0.05) is 13.8 Å². The molecule has 0 radical (unpaired) electrons. The number of amides is 1. The highest BCUT2D eigenvalue weighted by atomic mass is 16.6. The number of hydrogen-bond donors (Lipinski definition) is 1. The van der Waals surface area contributed by atoms with Crippen molar-refractivity contribution in [3.63, 3.8) is 0 Å². The van der Waals surface area contributed by atoms with Crippen molar-refractivity contribution < 1.29 is 23.9 Å². The largest absolute Gasteiger partial charge is 0.466 e. The molecule has 102 valence electrons. The van der Waals surface area contributed by atoms with Crippen molar-refractivity contribution in [1.82, 2.24) is 5.32 Å². The second-order valence-electron chi connectivity index (χ2n) is 4.66. The van der Waals surface area contributed by atoms with E-state index in [1.165, 1.54) is 7.11 Å². The van der Waals surface area contributed by atoms with Crippen molar-refractivity contribution in [3.05, 3.63) is 0 Å². The Balaban J connectivity index is 2.56. The summed E-state index contributed by atoms with van der Waals surface area (Å²) in [7, 11) is 1.26. The minimum absolute atomic E-state index is 0.0626. The average molecular weight is 257 g/mol. The fourth-order valence-electron chi connectivity index (χ4n) is 1.73. The zero-order valence-electron chi connectivity index (χ0n) is 10.9. The molecule has 0 aromatic rings. The molecular weight excluding hydrogens is 238 g/mol. The number of esters is 2. The van der Waals surface area contributed by atoms with Gasteiger partial charge < -0.3 is 14.8 Å². The summed E-state index contributed by atoms with van der Waals surface area (Å²) in [4.78, 5) is 34.3. The molecule has 1 aliphatic heterocycles. The summed E-state index contributed by atoms with van der Waals surface area (Å²) in [6.45, 7) is 3.82. The Morgan fingerprint density at radius 1 is 1.39 bits per heavy atom. The van der Waals surface area contributed by atoms with Gasteiger partial charge in [-0.15, -0.1) is 0 Å². The van der Waals surface area contributed by atoms with Crippen LogP contribution in [0.3, 0.4) is 0 Å². The van der Waals surface area contributed by atoms with Crippen LogP contribution in [0.15, 0.2) is 0 Å². The molecule has 6 heteroatoms. The van der Waals surface area contributed by atoms with Crippen LogP contribution in [-0.4, -0.2) is 37.6 Å².